The Bertz CT molecular complexity index is 1120. The minimum Gasteiger partial charge on any atom is -0.349 e. The minimum atomic E-state index is -0.527. The van der Waals surface area contributed by atoms with Gasteiger partial charge in [0.25, 0.3) is 5.91 Å². The fourth-order valence-electron chi connectivity index (χ4n) is 3.08. The van der Waals surface area contributed by atoms with Gasteiger partial charge in [-0.1, -0.05) is 47.5 Å². The summed E-state index contributed by atoms with van der Waals surface area (Å²) in [6.45, 7) is 1.39. The summed E-state index contributed by atoms with van der Waals surface area (Å²) in [6.07, 6.45) is 0.000672. The second-order valence-electron chi connectivity index (χ2n) is 7.06. The summed E-state index contributed by atoms with van der Waals surface area (Å²) in [4.78, 5) is 37.0. The molecule has 0 fully saturated rings. The smallest absolute Gasteiger partial charge is 0.255 e. The second kappa shape index (κ2) is 10.8. The Morgan fingerprint density at radius 2 is 1.31 bits per heavy atom. The van der Waals surface area contributed by atoms with E-state index in [2.05, 4.69) is 16.0 Å². The van der Waals surface area contributed by atoms with Gasteiger partial charge in [0.15, 0.2) is 0 Å². The summed E-state index contributed by atoms with van der Waals surface area (Å²) in [5.74, 6) is -0.916. The molecule has 32 heavy (non-hydrogen) atoms. The molecule has 3 aromatic carbocycles. The molecule has 0 aliphatic rings. The van der Waals surface area contributed by atoms with Gasteiger partial charge in [-0.25, -0.2) is 0 Å². The molecule has 0 aliphatic heterocycles. The number of nitrogens with one attached hydrogen (secondary N) is 3. The summed E-state index contributed by atoms with van der Waals surface area (Å²) in [7, 11) is 0. The Balaban J connectivity index is 1.72. The van der Waals surface area contributed by atoms with Crippen LogP contribution in [0.2, 0.25) is 10.0 Å². The number of hydrogen-bond donors (Lipinski definition) is 3. The van der Waals surface area contributed by atoms with E-state index in [0.717, 1.165) is 5.56 Å². The van der Waals surface area contributed by atoms with Crippen molar-refractivity contribution in [3.8, 4) is 0 Å². The zero-order valence-corrected chi connectivity index (χ0v) is 18.7. The van der Waals surface area contributed by atoms with Crippen LogP contribution < -0.4 is 16.0 Å². The molecular weight excluding hydrogens is 449 g/mol. The van der Waals surface area contributed by atoms with Crippen molar-refractivity contribution in [2.45, 2.75) is 19.4 Å². The van der Waals surface area contributed by atoms with Crippen LogP contribution in [0.15, 0.2) is 72.8 Å². The lowest BCUT2D eigenvalue weighted by Gasteiger charge is -2.19. The monoisotopic (exact) mass is 469 g/mol. The third-order valence-corrected chi connectivity index (χ3v) is 5.10. The summed E-state index contributed by atoms with van der Waals surface area (Å²) in [6, 6.07) is 19.8. The first kappa shape index (κ1) is 23.3. The number of anilines is 2. The van der Waals surface area contributed by atoms with E-state index in [4.69, 9.17) is 23.2 Å². The molecule has 0 aliphatic carbocycles. The van der Waals surface area contributed by atoms with Gasteiger partial charge < -0.3 is 16.0 Å². The van der Waals surface area contributed by atoms with Crippen molar-refractivity contribution in [3.63, 3.8) is 0 Å². The standard InChI is InChI=1S/C24H21Cl2N3O3/c1-15(30)27-22(16-6-10-18(25)11-7-16)14-23(31)28-20-4-2-3-5-21(20)29-24(32)17-8-12-19(26)13-9-17/h2-13,22H,14H2,1H3,(H,27,30)(H,28,31)(H,29,32). The van der Waals surface area contributed by atoms with Crippen LogP contribution in [-0.2, 0) is 9.59 Å². The number of halogens is 2. The van der Waals surface area contributed by atoms with Crippen LogP contribution in [0.4, 0.5) is 11.4 Å². The first-order valence-electron chi connectivity index (χ1n) is 9.80. The van der Waals surface area contributed by atoms with Crippen molar-refractivity contribution in [1.29, 1.82) is 0 Å². The molecule has 1 atom stereocenters. The Labute approximate surface area is 195 Å². The predicted octanol–water partition coefficient (Wildman–Crippen LogP) is 5.45. The molecule has 1 unspecified atom stereocenters. The lowest BCUT2D eigenvalue weighted by molar-refractivity contribution is -0.120. The number of para-hydroxylation sites is 2. The summed E-state index contributed by atoms with van der Waals surface area (Å²) >= 11 is 11.8. The van der Waals surface area contributed by atoms with Gasteiger partial charge in [-0.15, -0.1) is 0 Å². The van der Waals surface area contributed by atoms with Crippen LogP contribution in [0, 0.1) is 0 Å². The maximum atomic E-state index is 12.8. The van der Waals surface area contributed by atoms with Gasteiger partial charge in [0, 0.05) is 22.5 Å². The van der Waals surface area contributed by atoms with Gasteiger partial charge in [-0.3, -0.25) is 14.4 Å². The highest BCUT2D eigenvalue weighted by atomic mass is 35.5. The second-order valence-corrected chi connectivity index (χ2v) is 7.94. The average molecular weight is 470 g/mol. The van der Waals surface area contributed by atoms with Crippen LogP contribution in [0.1, 0.15) is 35.3 Å². The van der Waals surface area contributed by atoms with Crippen molar-refractivity contribution >= 4 is 52.3 Å². The van der Waals surface area contributed by atoms with E-state index in [9.17, 15) is 14.4 Å². The molecule has 8 heteroatoms. The molecule has 3 rings (SSSR count). The zero-order valence-electron chi connectivity index (χ0n) is 17.2. The highest BCUT2D eigenvalue weighted by Gasteiger charge is 2.18. The van der Waals surface area contributed by atoms with Gasteiger partial charge in [0.05, 0.1) is 23.8 Å². The Morgan fingerprint density at radius 3 is 1.88 bits per heavy atom. The minimum absolute atomic E-state index is 0.000672. The molecule has 3 N–H and O–H groups in total. The number of benzene rings is 3. The molecule has 0 aromatic heterocycles. The summed E-state index contributed by atoms with van der Waals surface area (Å²) in [5.41, 5.74) is 2.08. The van der Waals surface area contributed by atoms with Crippen molar-refractivity contribution < 1.29 is 14.4 Å². The van der Waals surface area contributed by atoms with Crippen molar-refractivity contribution in [1.82, 2.24) is 5.32 Å². The van der Waals surface area contributed by atoms with Crippen LogP contribution in [0.3, 0.4) is 0 Å². The molecule has 6 nitrogen and oxygen atoms in total. The lowest BCUT2D eigenvalue weighted by atomic mass is 10.0. The average Bonchev–Trinajstić information content (AvgIpc) is 2.75. The first-order chi connectivity index (χ1) is 15.3. The SMILES string of the molecule is CC(=O)NC(CC(=O)Nc1ccccc1NC(=O)c1ccc(Cl)cc1)c1ccc(Cl)cc1. The molecule has 0 bridgehead atoms. The number of rotatable bonds is 7. The Hall–Kier alpha value is -3.35. The number of hydrogen-bond acceptors (Lipinski definition) is 3. The third kappa shape index (κ3) is 6.57. The Kier molecular flexibility index (Phi) is 7.87. The van der Waals surface area contributed by atoms with Crippen LogP contribution in [0.25, 0.3) is 0 Å². The largest absolute Gasteiger partial charge is 0.349 e. The fourth-order valence-corrected chi connectivity index (χ4v) is 3.33. The summed E-state index contributed by atoms with van der Waals surface area (Å²) < 4.78 is 0. The van der Waals surface area contributed by atoms with Crippen molar-refractivity contribution in [2.24, 2.45) is 0 Å². The molecule has 0 saturated carbocycles. The van der Waals surface area contributed by atoms with E-state index in [-0.39, 0.29) is 24.1 Å². The third-order valence-electron chi connectivity index (χ3n) is 4.60. The Morgan fingerprint density at radius 1 is 0.781 bits per heavy atom. The van der Waals surface area contributed by atoms with E-state index < -0.39 is 6.04 Å². The van der Waals surface area contributed by atoms with Crippen LogP contribution in [0.5, 0.6) is 0 Å². The highest BCUT2D eigenvalue weighted by molar-refractivity contribution is 6.31. The fraction of sp³-hybridized carbons (Fsp3) is 0.125. The molecule has 0 spiro atoms. The quantitative estimate of drug-likeness (QED) is 0.429. The van der Waals surface area contributed by atoms with E-state index in [1.54, 1.807) is 72.8 Å². The zero-order chi connectivity index (χ0) is 23.1. The molecule has 164 valence electrons. The van der Waals surface area contributed by atoms with Crippen molar-refractivity contribution in [3.05, 3.63) is 94.0 Å². The molecule has 0 saturated heterocycles. The van der Waals surface area contributed by atoms with E-state index >= 15 is 0 Å². The lowest BCUT2D eigenvalue weighted by Crippen LogP contribution is -2.30. The first-order valence-corrected chi connectivity index (χ1v) is 10.6. The van der Waals surface area contributed by atoms with Gasteiger partial charge in [0.1, 0.15) is 0 Å². The maximum absolute atomic E-state index is 12.8. The van der Waals surface area contributed by atoms with Crippen LogP contribution >= 0.6 is 23.2 Å². The van der Waals surface area contributed by atoms with Gasteiger partial charge in [-0.2, -0.15) is 0 Å². The summed E-state index contributed by atoms with van der Waals surface area (Å²) in [5, 5.41) is 9.48. The van der Waals surface area contributed by atoms with Gasteiger partial charge in [0.2, 0.25) is 11.8 Å². The number of carbonyl (C=O) groups excluding carboxylic acids is 3. The number of carbonyl (C=O) groups is 3. The topological polar surface area (TPSA) is 87.3 Å². The molecular formula is C24H21Cl2N3O3. The van der Waals surface area contributed by atoms with Gasteiger partial charge >= 0.3 is 0 Å². The van der Waals surface area contributed by atoms with Crippen molar-refractivity contribution in [2.75, 3.05) is 10.6 Å². The molecule has 3 amide bonds. The molecule has 0 heterocycles. The van der Waals surface area contributed by atoms with E-state index in [0.29, 0.717) is 27.0 Å². The highest BCUT2D eigenvalue weighted by Crippen LogP contribution is 2.24. The van der Waals surface area contributed by atoms with E-state index in [1.807, 2.05) is 0 Å². The van der Waals surface area contributed by atoms with Gasteiger partial charge in [-0.05, 0) is 54.1 Å². The molecule has 0 radical (unpaired) electrons. The van der Waals surface area contributed by atoms with E-state index in [1.165, 1.54) is 6.92 Å². The molecule has 3 aromatic rings. The maximum Gasteiger partial charge on any atom is 0.255 e. The van der Waals surface area contributed by atoms with Crippen LogP contribution in [-0.4, -0.2) is 17.7 Å². The normalized spacial score (nSPS) is 11.3. The number of amides is 3. The predicted molar refractivity (Wildman–Crippen MR) is 127 cm³/mol.